The smallest absolute Gasteiger partial charge is 0.124 e. The maximum atomic E-state index is 13.5. The van der Waals surface area contributed by atoms with Gasteiger partial charge in [-0.1, -0.05) is 19.1 Å². The molecule has 0 amide bonds. The maximum Gasteiger partial charge on any atom is 0.124 e. The minimum absolute atomic E-state index is 0.0791. The third kappa shape index (κ3) is 3.75. The molecule has 0 aliphatic rings. The minimum Gasteiger partial charge on any atom is -0.389 e. The molecule has 0 aliphatic carbocycles. The highest BCUT2D eigenvalue weighted by molar-refractivity contribution is 7.80. The van der Waals surface area contributed by atoms with Crippen LogP contribution in [0.2, 0.25) is 0 Å². The molecular formula is C14H21FN2S. The Morgan fingerprint density at radius 1 is 1.39 bits per heavy atom. The van der Waals surface area contributed by atoms with Gasteiger partial charge in [0, 0.05) is 17.6 Å². The summed E-state index contributed by atoms with van der Waals surface area (Å²) in [5.74, 6) is -0.294. The standard InChI is InChI=1S/C14H21FN2S/c1-5-14(2,3)17(4)9-10-6-11(13(16)18)8-12(15)7-10/h6-8H,5,9H2,1-4H3,(H2,16,18). The van der Waals surface area contributed by atoms with Crippen LogP contribution in [0.15, 0.2) is 18.2 Å². The topological polar surface area (TPSA) is 29.3 Å². The number of halogens is 1. The fourth-order valence-corrected chi connectivity index (χ4v) is 1.76. The summed E-state index contributed by atoms with van der Waals surface area (Å²) in [6.07, 6.45) is 1.03. The number of rotatable bonds is 5. The Bertz CT molecular complexity index is 443. The number of nitrogens with zero attached hydrogens (tertiary/aromatic N) is 1. The molecule has 1 aromatic rings. The van der Waals surface area contributed by atoms with Crippen LogP contribution in [0.3, 0.4) is 0 Å². The van der Waals surface area contributed by atoms with Gasteiger partial charge in [-0.15, -0.1) is 0 Å². The number of hydrogen-bond acceptors (Lipinski definition) is 2. The monoisotopic (exact) mass is 268 g/mol. The lowest BCUT2D eigenvalue weighted by Crippen LogP contribution is -2.39. The summed E-state index contributed by atoms with van der Waals surface area (Å²) in [7, 11) is 2.04. The van der Waals surface area contributed by atoms with E-state index < -0.39 is 0 Å². The van der Waals surface area contributed by atoms with Crippen LogP contribution in [0.4, 0.5) is 4.39 Å². The van der Waals surface area contributed by atoms with Crippen LogP contribution in [0.1, 0.15) is 38.3 Å². The third-order valence-electron chi connectivity index (χ3n) is 3.56. The Balaban J connectivity index is 2.94. The van der Waals surface area contributed by atoms with E-state index >= 15 is 0 Å². The van der Waals surface area contributed by atoms with Crippen molar-refractivity contribution in [3.05, 3.63) is 35.1 Å². The fraction of sp³-hybridized carbons (Fsp3) is 0.500. The first kappa shape index (κ1) is 15.1. The quantitative estimate of drug-likeness (QED) is 0.832. The average molecular weight is 268 g/mol. The van der Waals surface area contributed by atoms with Gasteiger partial charge in [-0.3, -0.25) is 4.90 Å². The van der Waals surface area contributed by atoms with Crippen molar-refractivity contribution in [2.24, 2.45) is 5.73 Å². The normalized spacial score (nSPS) is 11.9. The first-order valence-electron chi connectivity index (χ1n) is 6.07. The molecule has 100 valence electrons. The van der Waals surface area contributed by atoms with Gasteiger partial charge in [-0.25, -0.2) is 4.39 Å². The number of hydrogen-bond donors (Lipinski definition) is 1. The van der Waals surface area contributed by atoms with Crippen molar-refractivity contribution in [3.8, 4) is 0 Å². The van der Waals surface area contributed by atoms with E-state index in [2.05, 4.69) is 25.7 Å². The average Bonchev–Trinajstić information content (AvgIpc) is 2.28. The predicted molar refractivity (Wildman–Crippen MR) is 78.1 cm³/mol. The summed E-state index contributed by atoms with van der Waals surface area (Å²) in [5.41, 5.74) is 7.10. The molecule has 0 heterocycles. The zero-order valence-electron chi connectivity index (χ0n) is 11.5. The van der Waals surface area contributed by atoms with Crippen molar-refractivity contribution in [2.45, 2.75) is 39.3 Å². The highest BCUT2D eigenvalue weighted by Gasteiger charge is 2.21. The number of nitrogens with two attached hydrogens (primary N) is 1. The molecule has 0 radical (unpaired) electrons. The lowest BCUT2D eigenvalue weighted by Gasteiger charge is -2.35. The van der Waals surface area contributed by atoms with Crippen molar-refractivity contribution < 1.29 is 4.39 Å². The van der Waals surface area contributed by atoms with E-state index in [1.165, 1.54) is 12.1 Å². The molecule has 18 heavy (non-hydrogen) atoms. The van der Waals surface area contributed by atoms with Crippen LogP contribution in [0, 0.1) is 5.82 Å². The predicted octanol–water partition coefficient (Wildman–Crippen LogP) is 3.08. The molecule has 0 saturated heterocycles. The summed E-state index contributed by atoms with van der Waals surface area (Å²) in [6.45, 7) is 7.15. The highest BCUT2D eigenvalue weighted by atomic mass is 32.1. The van der Waals surface area contributed by atoms with Crippen molar-refractivity contribution in [2.75, 3.05) is 7.05 Å². The third-order valence-corrected chi connectivity index (χ3v) is 3.80. The molecule has 1 rings (SSSR count). The Morgan fingerprint density at radius 3 is 2.50 bits per heavy atom. The molecule has 0 unspecified atom stereocenters. The molecule has 0 spiro atoms. The lowest BCUT2D eigenvalue weighted by atomic mass is 9.99. The van der Waals surface area contributed by atoms with E-state index in [0.29, 0.717) is 12.1 Å². The second kappa shape index (κ2) is 5.76. The molecule has 0 atom stereocenters. The molecule has 0 aliphatic heterocycles. The zero-order valence-corrected chi connectivity index (χ0v) is 12.3. The molecule has 4 heteroatoms. The lowest BCUT2D eigenvalue weighted by molar-refractivity contribution is 0.143. The molecular weight excluding hydrogens is 247 g/mol. The Morgan fingerprint density at radius 2 is 2.00 bits per heavy atom. The van der Waals surface area contributed by atoms with Crippen LogP contribution in [-0.4, -0.2) is 22.5 Å². The largest absolute Gasteiger partial charge is 0.389 e. The van der Waals surface area contributed by atoms with Gasteiger partial charge in [0.25, 0.3) is 0 Å². The Labute approximate surface area is 114 Å². The van der Waals surface area contributed by atoms with Crippen LogP contribution in [0.25, 0.3) is 0 Å². The van der Waals surface area contributed by atoms with E-state index in [0.717, 1.165) is 12.0 Å². The van der Waals surface area contributed by atoms with Crippen molar-refractivity contribution in [1.29, 1.82) is 0 Å². The maximum absolute atomic E-state index is 13.5. The summed E-state index contributed by atoms with van der Waals surface area (Å²) in [5, 5.41) is 0. The molecule has 2 nitrogen and oxygen atoms in total. The van der Waals surface area contributed by atoms with Crippen LogP contribution < -0.4 is 5.73 Å². The first-order chi connectivity index (χ1) is 8.26. The molecule has 0 saturated carbocycles. The van der Waals surface area contributed by atoms with E-state index in [4.69, 9.17) is 18.0 Å². The number of thiocarbonyl (C=S) groups is 1. The fourth-order valence-electron chi connectivity index (χ4n) is 1.64. The van der Waals surface area contributed by atoms with Crippen molar-refractivity contribution in [1.82, 2.24) is 4.90 Å². The summed E-state index contributed by atoms with van der Waals surface area (Å²) >= 11 is 4.89. The van der Waals surface area contributed by atoms with E-state index in [9.17, 15) is 4.39 Å². The van der Waals surface area contributed by atoms with E-state index in [1.807, 2.05) is 13.1 Å². The Kier molecular flexibility index (Phi) is 4.82. The van der Waals surface area contributed by atoms with Gasteiger partial charge in [-0.2, -0.15) is 0 Å². The molecule has 0 aromatic heterocycles. The van der Waals surface area contributed by atoms with Gasteiger partial charge in [0.15, 0.2) is 0 Å². The van der Waals surface area contributed by atoms with Crippen LogP contribution in [0.5, 0.6) is 0 Å². The van der Waals surface area contributed by atoms with Gasteiger partial charge in [0.2, 0.25) is 0 Å². The van der Waals surface area contributed by atoms with Crippen molar-refractivity contribution >= 4 is 17.2 Å². The van der Waals surface area contributed by atoms with Crippen LogP contribution >= 0.6 is 12.2 Å². The van der Waals surface area contributed by atoms with Gasteiger partial charge >= 0.3 is 0 Å². The minimum atomic E-state index is -0.294. The molecule has 0 fully saturated rings. The zero-order chi connectivity index (χ0) is 13.9. The van der Waals surface area contributed by atoms with Gasteiger partial charge in [-0.05, 0) is 51.1 Å². The van der Waals surface area contributed by atoms with Gasteiger partial charge in [0.1, 0.15) is 10.8 Å². The summed E-state index contributed by atoms with van der Waals surface area (Å²) in [6, 6.07) is 4.76. The summed E-state index contributed by atoms with van der Waals surface area (Å²) < 4.78 is 13.5. The Hall–Kier alpha value is -1.00. The highest BCUT2D eigenvalue weighted by Crippen LogP contribution is 2.20. The molecule has 0 bridgehead atoms. The first-order valence-corrected chi connectivity index (χ1v) is 6.47. The van der Waals surface area contributed by atoms with Gasteiger partial charge in [0.05, 0.1) is 0 Å². The van der Waals surface area contributed by atoms with E-state index in [1.54, 1.807) is 0 Å². The van der Waals surface area contributed by atoms with Crippen LogP contribution in [-0.2, 0) is 6.54 Å². The second-order valence-electron chi connectivity index (χ2n) is 5.23. The molecule has 2 N–H and O–H groups in total. The van der Waals surface area contributed by atoms with E-state index in [-0.39, 0.29) is 16.3 Å². The van der Waals surface area contributed by atoms with Crippen molar-refractivity contribution in [3.63, 3.8) is 0 Å². The second-order valence-corrected chi connectivity index (χ2v) is 5.67. The van der Waals surface area contributed by atoms with Gasteiger partial charge < -0.3 is 5.73 Å². The SMILES string of the molecule is CCC(C)(C)N(C)Cc1cc(F)cc(C(N)=S)c1. The number of benzene rings is 1. The summed E-state index contributed by atoms with van der Waals surface area (Å²) in [4.78, 5) is 2.43. The molecule has 1 aromatic carbocycles.